The predicted octanol–water partition coefficient (Wildman–Crippen LogP) is 1.63. The number of aliphatic hydroxyl groups is 1. The van der Waals surface area contributed by atoms with Crippen LogP contribution in [0.25, 0.3) is 0 Å². The summed E-state index contributed by atoms with van der Waals surface area (Å²) >= 11 is 0. The minimum absolute atomic E-state index is 0.0811. The van der Waals surface area contributed by atoms with E-state index >= 15 is 0 Å². The summed E-state index contributed by atoms with van der Waals surface area (Å²) in [7, 11) is 0. The first kappa shape index (κ1) is 31.3. The third kappa shape index (κ3) is 7.90. The van der Waals surface area contributed by atoms with E-state index in [9.17, 15) is 29.1 Å². The van der Waals surface area contributed by atoms with Gasteiger partial charge in [0.05, 0.1) is 0 Å². The fraction of sp³-hybridized carbons (Fsp3) is 0.633. The Bertz CT molecular complexity index is 1080. The van der Waals surface area contributed by atoms with E-state index in [4.69, 9.17) is 0 Å². The van der Waals surface area contributed by atoms with Crippen molar-refractivity contribution in [2.45, 2.75) is 109 Å². The molecule has 3 rings (SSSR count). The molecule has 10 nitrogen and oxygen atoms in total. The van der Waals surface area contributed by atoms with E-state index in [0.717, 1.165) is 5.56 Å². The molecule has 2 aliphatic heterocycles. The average molecular weight is 557 g/mol. The molecule has 6 atom stereocenters. The Morgan fingerprint density at radius 2 is 1.75 bits per heavy atom. The standard InChI is InChI=1S/C30H44N4O6/c1-5-30(4)29(40)32-23(17-21-12-8-6-9-13-21)28(39)34-18-19(2)16-24(34)27(38)31-22(26(37)33-30)14-10-7-11-15-25(36)20(3)35/h6,8-9,12-13,19-20,22-24,35H,5,7,10-11,14-18H2,1-4H3,(H,31,38)(H,32,40)(H,33,37)/t19-,20+,22-,23-,24+,30+/m0/s1. The Hall–Kier alpha value is -3.27. The van der Waals surface area contributed by atoms with Gasteiger partial charge in [0.1, 0.15) is 29.8 Å². The molecule has 4 N–H and O–H groups in total. The molecular weight excluding hydrogens is 512 g/mol. The number of nitrogens with one attached hydrogen (secondary N) is 3. The van der Waals surface area contributed by atoms with Crippen LogP contribution < -0.4 is 16.0 Å². The first-order chi connectivity index (χ1) is 18.9. The molecule has 0 bridgehead atoms. The van der Waals surface area contributed by atoms with E-state index in [1.54, 1.807) is 18.7 Å². The predicted molar refractivity (Wildman–Crippen MR) is 150 cm³/mol. The summed E-state index contributed by atoms with van der Waals surface area (Å²) in [5.74, 6) is -1.76. The number of hydrogen-bond acceptors (Lipinski definition) is 6. The maximum absolute atomic E-state index is 13.9. The van der Waals surface area contributed by atoms with Crippen molar-refractivity contribution in [3.63, 3.8) is 0 Å². The van der Waals surface area contributed by atoms with Gasteiger partial charge in [-0.05, 0) is 51.0 Å². The number of carbonyl (C=O) groups excluding carboxylic acids is 5. The number of amides is 4. The number of fused-ring (bicyclic) bond motifs is 1. The van der Waals surface area contributed by atoms with Gasteiger partial charge in [-0.3, -0.25) is 24.0 Å². The van der Waals surface area contributed by atoms with E-state index in [1.165, 1.54) is 6.92 Å². The van der Waals surface area contributed by atoms with Crippen molar-refractivity contribution in [3.05, 3.63) is 35.9 Å². The van der Waals surface area contributed by atoms with Crippen LogP contribution in [0.2, 0.25) is 0 Å². The van der Waals surface area contributed by atoms with Crippen molar-refractivity contribution < 1.29 is 29.1 Å². The second-order valence-corrected chi connectivity index (χ2v) is 11.5. The second-order valence-electron chi connectivity index (χ2n) is 11.5. The van der Waals surface area contributed by atoms with Crippen molar-refractivity contribution in [1.82, 2.24) is 20.9 Å². The van der Waals surface area contributed by atoms with Crippen LogP contribution >= 0.6 is 0 Å². The molecule has 0 spiro atoms. The molecule has 0 aliphatic carbocycles. The van der Waals surface area contributed by atoms with Gasteiger partial charge >= 0.3 is 0 Å². The molecule has 220 valence electrons. The Kier molecular flexibility index (Phi) is 10.8. The fourth-order valence-corrected chi connectivity index (χ4v) is 5.34. The maximum atomic E-state index is 13.9. The highest BCUT2D eigenvalue weighted by molar-refractivity contribution is 5.99. The normalized spacial score (nSPS) is 28.5. The SMILES string of the molecule is CC[C@@]1(C)NC(=O)[C@H](CCCCCC(=O)[C@@H](C)O)NC(=O)[C@H]2C[C@H](C)CN2C(=O)[C@H](Cc2ccccc2)NC1=O. The zero-order chi connectivity index (χ0) is 29.4. The van der Waals surface area contributed by atoms with Gasteiger partial charge in [-0.25, -0.2) is 0 Å². The lowest BCUT2D eigenvalue weighted by Gasteiger charge is -2.36. The summed E-state index contributed by atoms with van der Waals surface area (Å²) in [4.78, 5) is 67.7. The Balaban J connectivity index is 1.84. The van der Waals surface area contributed by atoms with Gasteiger partial charge in [-0.2, -0.15) is 0 Å². The zero-order valence-corrected chi connectivity index (χ0v) is 24.1. The molecule has 2 heterocycles. The summed E-state index contributed by atoms with van der Waals surface area (Å²) in [6, 6.07) is 6.86. The Labute approximate surface area is 236 Å². The molecule has 0 aromatic heterocycles. The van der Waals surface area contributed by atoms with Gasteiger partial charge in [0.25, 0.3) is 0 Å². The van der Waals surface area contributed by atoms with E-state index in [0.29, 0.717) is 38.6 Å². The van der Waals surface area contributed by atoms with Gasteiger partial charge < -0.3 is 26.0 Å². The van der Waals surface area contributed by atoms with Crippen LogP contribution in [0.3, 0.4) is 0 Å². The number of ketones is 1. The number of aliphatic hydroxyl groups excluding tert-OH is 1. The lowest BCUT2D eigenvalue weighted by atomic mass is 9.94. The van der Waals surface area contributed by atoms with Crippen LogP contribution in [0.4, 0.5) is 0 Å². The Morgan fingerprint density at radius 1 is 1.05 bits per heavy atom. The first-order valence-corrected chi connectivity index (χ1v) is 14.4. The third-order valence-corrected chi connectivity index (χ3v) is 8.10. The van der Waals surface area contributed by atoms with Crippen molar-refractivity contribution in [3.8, 4) is 0 Å². The molecule has 4 amide bonds. The van der Waals surface area contributed by atoms with E-state index in [1.807, 2.05) is 37.3 Å². The number of rotatable bonds is 10. The zero-order valence-electron chi connectivity index (χ0n) is 24.1. The van der Waals surface area contributed by atoms with Gasteiger partial charge in [0.15, 0.2) is 5.78 Å². The molecule has 0 radical (unpaired) electrons. The molecule has 2 fully saturated rings. The van der Waals surface area contributed by atoms with Gasteiger partial charge in [-0.1, -0.05) is 57.0 Å². The van der Waals surface area contributed by atoms with Crippen molar-refractivity contribution >= 4 is 29.4 Å². The number of nitrogens with zero attached hydrogens (tertiary/aromatic N) is 1. The number of hydrogen-bond donors (Lipinski definition) is 4. The number of Topliss-reactive ketones (excluding diaryl/α,β-unsaturated/α-hetero) is 1. The maximum Gasteiger partial charge on any atom is 0.246 e. The fourth-order valence-electron chi connectivity index (χ4n) is 5.34. The molecule has 10 heteroatoms. The molecular formula is C30H44N4O6. The molecule has 40 heavy (non-hydrogen) atoms. The number of carbonyl (C=O) groups is 5. The third-order valence-electron chi connectivity index (χ3n) is 8.10. The number of unbranched alkanes of at least 4 members (excludes halogenated alkanes) is 2. The van der Waals surface area contributed by atoms with Crippen molar-refractivity contribution in [1.29, 1.82) is 0 Å². The highest BCUT2D eigenvalue weighted by Crippen LogP contribution is 2.26. The highest BCUT2D eigenvalue weighted by Gasteiger charge is 2.44. The molecule has 2 aliphatic rings. The van der Waals surface area contributed by atoms with E-state index in [-0.39, 0.29) is 42.8 Å². The average Bonchev–Trinajstić information content (AvgIpc) is 3.32. The summed E-state index contributed by atoms with van der Waals surface area (Å²) in [6.07, 6.45) is 2.32. The van der Waals surface area contributed by atoms with Crippen LogP contribution in [0.1, 0.15) is 78.2 Å². The quantitative estimate of drug-likeness (QED) is 0.323. The van der Waals surface area contributed by atoms with Crippen LogP contribution in [0.5, 0.6) is 0 Å². The second kappa shape index (κ2) is 13.9. The van der Waals surface area contributed by atoms with Crippen molar-refractivity contribution in [2.24, 2.45) is 5.92 Å². The van der Waals surface area contributed by atoms with Crippen LogP contribution in [-0.4, -0.2) is 75.7 Å². The largest absolute Gasteiger partial charge is 0.386 e. The molecule has 2 saturated heterocycles. The molecule has 1 aromatic rings. The summed E-state index contributed by atoms with van der Waals surface area (Å²) < 4.78 is 0. The van der Waals surface area contributed by atoms with Gasteiger partial charge in [0.2, 0.25) is 23.6 Å². The minimum Gasteiger partial charge on any atom is -0.386 e. The molecule has 0 saturated carbocycles. The van der Waals surface area contributed by atoms with E-state index in [2.05, 4.69) is 16.0 Å². The number of benzene rings is 1. The Morgan fingerprint density at radius 3 is 2.40 bits per heavy atom. The van der Waals surface area contributed by atoms with E-state index < -0.39 is 41.6 Å². The lowest BCUT2D eigenvalue weighted by molar-refractivity contribution is -0.144. The van der Waals surface area contributed by atoms with Crippen LogP contribution in [0.15, 0.2) is 30.3 Å². The first-order valence-electron chi connectivity index (χ1n) is 14.4. The lowest BCUT2D eigenvalue weighted by Crippen LogP contribution is -2.65. The summed E-state index contributed by atoms with van der Waals surface area (Å²) in [5.41, 5.74) is -0.422. The molecule has 1 aromatic carbocycles. The van der Waals surface area contributed by atoms with Gasteiger partial charge in [0, 0.05) is 19.4 Å². The van der Waals surface area contributed by atoms with Gasteiger partial charge in [-0.15, -0.1) is 0 Å². The monoisotopic (exact) mass is 556 g/mol. The topological polar surface area (TPSA) is 145 Å². The molecule has 0 unspecified atom stereocenters. The summed E-state index contributed by atoms with van der Waals surface area (Å²) in [6.45, 7) is 7.21. The smallest absolute Gasteiger partial charge is 0.246 e. The highest BCUT2D eigenvalue weighted by atomic mass is 16.3. The van der Waals surface area contributed by atoms with Crippen molar-refractivity contribution in [2.75, 3.05) is 6.54 Å². The summed E-state index contributed by atoms with van der Waals surface area (Å²) in [5, 5.41) is 18.0. The van der Waals surface area contributed by atoms with Crippen LogP contribution in [-0.2, 0) is 30.4 Å². The minimum atomic E-state index is -1.30. The van der Waals surface area contributed by atoms with Crippen LogP contribution in [0, 0.1) is 5.92 Å².